The lowest BCUT2D eigenvalue weighted by Crippen LogP contribution is -2.31. The number of aliphatic hydroxyl groups is 1. The Hall–Kier alpha value is -2.82. The van der Waals surface area contributed by atoms with Crippen molar-refractivity contribution in [2.75, 3.05) is 4.90 Å². The van der Waals surface area contributed by atoms with E-state index in [1.165, 1.54) is 4.90 Å². The van der Waals surface area contributed by atoms with E-state index in [0.29, 0.717) is 17.2 Å². The molecule has 2 heterocycles. The zero-order chi connectivity index (χ0) is 19.0. The number of ketones is 1. The van der Waals surface area contributed by atoms with E-state index >= 15 is 0 Å². The van der Waals surface area contributed by atoms with Crippen LogP contribution in [0.15, 0.2) is 52.1 Å². The highest BCUT2D eigenvalue weighted by atomic mass is 16.3. The van der Waals surface area contributed by atoms with Gasteiger partial charge in [0.15, 0.2) is 11.5 Å². The Bertz CT molecular complexity index is 891. The van der Waals surface area contributed by atoms with Crippen LogP contribution in [-0.2, 0) is 9.59 Å². The largest absolute Gasteiger partial charge is 0.503 e. The van der Waals surface area contributed by atoms with Gasteiger partial charge in [0, 0.05) is 12.1 Å². The van der Waals surface area contributed by atoms with Crippen molar-refractivity contribution in [1.29, 1.82) is 0 Å². The van der Waals surface area contributed by atoms with Crippen LogP contribution in [0, 0.1) is 19.8 Å². The minimum atomic E-state index is -0.760. The van der Waals surface area contributed by atoms with Crippen LogP contribution in [0.4, 0.5) is 5.69 Å². The van der Waals surface area contributed by atoms with E-state index < -0.39 is 17.7 Å². The van der Waals surface area contributed by atoms with Crippen LogP contribution in [0.3, 0.4) is 0 Å². The molecule has 1 unspecified atom stereocenters. The molecule has 1 atom stereocenters. The number of amides is 1. The molecule has 0 radical (unpaired) electrons. The summed E-state index contributed by atoms with van der Waals surface area (Å²) in [5.41, 5.74) is 1.71. The zero-order valence-corrected chi connectivity index (χ0v) is 15.4. The fourth-order valence-corrected chi connectivity index (χ4v) is 3.28. The smallest absolute Gasteiger partial charge is 0.294 e. The van der Waals surface area contributed by atoms with Gasteiger partial charge in [-0.3, -0.25) is 14.5 Å². The highest BCUT2D eigenvalue weighted by Gasteiger charge is 2.45. The average Bonchev–Trinajstić information content (AvgIpc) is 3.09. The summed E-state index contributed by atoms with van der Waals surface area (Å²) >= 11 is 0. The number of furan rings is 1. The van der Waals surface area contributed by atoms with Gasteiger partial charge in [0.05, 0.1) is 5.57 Å². The molecule has 2 aromatic rings. The normalized spacial score (nSPS) is 17.5. The minimum Gasteiger partial charge on any atom is -0.503 e. The van der Waals surface area contributed by atoms with Crippen molar-refractivity contribution in [2.45, 2.75) is 40.2 Å². The Morgan fingerprint density at radius 1 is 1.23 bits per heavy atom. The van der Waals surface area contributed by atoms with Crippen LogP contribution in [0.1, 0.15) is 43.4 Å². The first-order valence-electron chi connectivity index (χ1n) is 8.72. The molecule has 1 aliphatic rings. The fourth-order valence-electron chi connectivity index (χ4n) is 3.28. The van der Waals surface area contributed by atoms with Gasteiger partial charge in [-0.25, -0.2) is 0 Å². The number of carbonyl (C=O) groups excluding carboxylic acids is 2. The van der Waals surface area contributed by atoms with Gasteiger partial charge in [-0.05, 0) is 49.6 Å². The van der Waals surface area contributed by atoms with E-state index in [2.05, 4.69) is 0 Å². The van der Waals surface area contributed by atoms with Gasteiger partial charge in [0.25, 0.3) is 5.91 Å². The quantitative estimate of drug-likeness (QED) is 0.864. The predicted octanol–water partition coefficient (Wildman–Crippen LogP) is 4.41. The first-order valence-corrected chi connectivity index (χ1v) is 8.72. The van der Waals surface area contributed by atoms with E-state index in [1.54, 1.807) is 25.1 Å². The molecule has 0 spiro atoms. The highest BCUT2D eigenvalue weighted by molar-refractivity contribution is 6.16. The number of nitrogens with zero attached hydrogens (tertiary/aromatic N) is 1. The topological polar surface area (TPSA) is 70.8 Å². The van der Waals surface area contributed by atoms with Gasteiger partial charge >= 0.3 is 0 Å². The molecular weight excluding hydrogens is 330 g/mol. The number of carbonyl (C=O) groups is 2. The number of benzene rings is 1. The Morgan fingerprint density at radius 3 is 2.54 bits per heavy atom. The van der Waals surface area contributed by atoms with Crippen LogP contribution >= 0.6 is 0 Å². The van der Waals surface area contributed by atoms with E-state index in [0.717, 1.165) is 5.56 Å². The molecule has 1 amide bonds. The molecule has 1 aliphatic heterocycles. The number of hydrogen-bond acceptors (Lipinski definition) is 4. The molecular formula is C21H23NO4. The maximum absolute atomic E-state index is 12.8. The Labute approximate surface area is 152 Å². The average molecular weight is 353 g/mol. The summed E-state index contributed by atoms with van der Waals surface area (Å²) in [5.74, 6) is -0.0462. The number of aryl methyl sites for hydroxylation is 2. The van der Waals surface area contributed by atoms with Gasteiger partial charge in [-0.1, -0.05) is 26.0 Å². The van der Waals surface area contributed by atoms with E-state index in [4.69, 9.17) is 4.42 Å². The van der Waals surface area contributed by atoms with Gasteiger partial charge in [0.2, 0.25) is 0 Å². The van der Waals surface area contributed by atoms with Gasteiger partial charge in [-0.15, -0.1) is 0 Å². The predicted molar refractivity (Wildman–Crippen MR) is 99.0 cm³/mol. The highest BCUT2D eigenvalue weighted by Crippen LogP contribution is 2.42. The molecule has 136 valence electrons. The Balaban J connectivity index is 2.13. The number of Topliss-reactive ketones (excluding diaryl/α,β-unsaturated/α-hetero) is 1. The van der Waals surface area contributed by atoms with Crippen molar-refractivity contribution >= 4 is 17.4 Å². The molecule has 5 nitrogen and oxygen atoms in total. The molecule has 0 saturated heterocycles. The van der Waals surface area contributed by atoms with E-state index in [9.17, 15) is 14.7 Å². The van der Waals surface area contributed by atoms with Crippen LogP contribution in [0.2, 0.25) is 0 Å². The Morgan fingerprint density at radius 2 is 1.96 bits per heavy atom. The maximum atomic E-state index is 12.8. The lowest BCUT2D eigenvalue weighted by Gasteiger charge is -2.25. The fraction of sp³-hybridized carbons (Fsp3) is 0.333. The van der Waals surface area contributed by atoms with E-state index in [1.807, 2.05) is 39.0 Å². The molecule has 1 aromatic carbocycles. The summed E-state index contributed by atoms with van der Waals surface area (Å²) in [5, 5.41) is 10.5. The first kappa shape index (κ1) is 18.0. The molecule has 0 aliphatic carbocycles. The minimum absolute atomic E-state index is 0.111. The maximum Gasteiger partial charge on any atom is 0.294 e. The lowest BCUT2D eigenvalue weighted by atomic mass is 9.95. The summed E-state index contributed by atoms with van der Waals surface area (Å²) in [7, 11) is 0. The summed E-state index contributed by atoms with van der Waals surface area (Å²) in [4.78, 5) is 27.1. The van der Waals surface area contributed by atoms with Crippen molar-refractivity contribution in [2.24, 2.45) is 5.92 Å². The summed E-state index contributed by atoms with van der Waals surface area (Å²) < 4.78 is 5.74. The second-order valence-electron chi connectivity index (χ2n) is 7.15. The number of aliphatic hydroxyl groups excluding tert-OH is 1. The second kappa shape index (κ2) is 6.83. The Kier molecular flexibility index (Phi) is 4.72. The van der Waals surface area contributed by atoms with Crippen molar-refractivity contribution in [1.82, 2.24) is 0 Å². The SMILES string of the molecule is Cc1cccc(N2C(=O)C(O)=C(C(=O)CC(C)C)C2c2ccc(C)o2)c1. The van der Waals surface area contributed by atoms with Crippen molar-refractivity contribution in [3.63, 3.8) is 0 Å². The molecule has 0 fully saturated rings. The van der Waals surface area contributed by atoms with Crippen LogP contribution in [0.5, 0.6) is 0 Å². The molecule has 0 bridgehead atoms. The van der Waals surface area contributed by atoms with Crippen LogP contribution in [-0.4, -0.2) is 16.8 Å². The number of hydrogen-bond donors (Lipinski definition) is 1. The van der Waals surface area contributed by atoms with Gasteiger partial charge in [-0.2, -0.15) is 0 Å². The standard InChI is InChI=1S/C21H23NO4/c1-12(2)10-16(23)18-19(17-9-8-14(4)26-17)22(21(25)20(18)24)15-7-5-6-13(3)11-15/h5-9,11-12,19,24H,10H2,1-4H3. The first-order chi connectivity index (χ1) is 12.3. The molecule has 1 aromatic heterocycles. The molecule has 1 N–H and O–H groups in total. The zero-order valence-electron chi connectivity index (χ0n) is 15.4. The summed E-state index contributed by atoms with van der Waals surface area (Å²) in [6.07, 6.45) is 0.254. The number of rotatable bonds is 5. The van der Waals surface area contributed by atoms with E-state index in [-0.39, 0.29) is 23.7 Å². The summed E-state index contributed by atoms with van der Waals surface area (Å²) in [6, 6.07) is 10.2. The number of anilines is 1. The van der Waals surface area contributed by atoms with Crippen molar-refractivity contribution < 1.29 is 19.1 Å². The second-order valence-corrected chi connectivity index (χ2v) is 7.15. The van der Waals surface area contributed by atoms with Crippen LogP contribution < -0.4 is 4.90 Å². The van der Waals surface area contributed by atoms with Crippen molar-refractivity contribution in [3.05, 3.63) is 64.8 Å². The van der Waals surface area contributed by atoms with Gasteiger partial charge in [0.1, 0.15) is 17.6 Å². The molecule has 5 heteroatoms. The van der Waals surface area contributed by atoms with Crippen molar-refractivity contribution in [3.8, 4) is 0 Å². The summed E-state index contributed by atoms with van der Waals surface area (Å²) in [6.45, 7) is 7.58. The van der Waals surface area contributed by atoms with Crippen LogP contribution in [0.25, 0.3) is 0 Å². The molecule has 0 saturated carbocycles. The third kappa shape index (κ3) is 3.17. The molecule has 3 rings (SSSR count). The third-order valence-corrected chi connectivity index (χ3v) is 4.41. The third-order valence-electron chi connectivity index (χ3n) is 4.41. The molecule has 26 heavy (non-hydrogen) atoms. The van der Waals surface area contributed by atoms with Gasteiger partial charge < -0.3 is 9.52 Å². The monoisotopic (exact) mass is 353 g/mol. The lowest BCUT2D eigenvalue weighted by molar-refractivity contribution is -0.118.